The van der Waals surface area contributed by atoms with E-state index >= 15 is 0 Å². The second-order valence-corrected chi connectivity index (χ2v) is 5.92. The number of hydrogen-bond acceptors (Lipinski definition) is 5. The molecule has 3 rings (SSSR count). The number of nitrogens with one attached hydrogen (secondary N) is 1. The van der Waals surface area contributed by atoms with Crippen molar-refractivity contribution in [3.05, 3.63) is 16.8 Å². The van der Waals surface area contributed by atoms with Crippen LogP contribution in [-0.4, -0.2) is 27.7 Å². The second kappa shape index (κ2) is 4.82. The van der Waals surface area contributed by atoms with Gasteiger partial charge >= 0.3 is 0 Å². The van der Waals surface area contributed by atoms with Crippen LogP contribution in [0.4, 0.5) is 5.82 Å². The molecule has 0 aliphatic heterocycles. The van der Waals surface area contributed by atoms with Gasteiger partial charge in [0.2, 0.25) is 0 Å². The van der Waals surface area contributed by atoms with Crippen molar-refractivity contribution in [1.82, 2.24) is 9.97 Å². The molecule has 2 aromatic heterocycles. The molecule has 5 heteroatoms. The summed E-state index contributed by atoms with van der Waals surface area (Å²) in [5.74, 6) is 0.876. The molecule has 1 aliphatic rings. The van der Waals surface area contributed by atoms with Crippen LogP contribution in [0.1, 0.15) is 30.2 Å². The molecule has 0 amide bonds. The summed E-state index contributed by atoms with van der Waals surface area (Å²) in [7, 11) is 0. The molecule has 0 spiro atoms. The Morgan fingerprint density at radius 1 is 1.39 bits per heavy atom. The number of aromatic nitrogens is 2. The van der Waals surface area contributed by atoms with Gasteiger partial charge in [-0.05, 0) is 38.2 Å². The fourth-order valence-electron chi connectivity index (χ4n) is 2.48. The monoisotopic (exact) mass is 263 g/mol. The Bertz CT molecular complexity index is 567. The van der Waals surface area contributed by atoms with E-state index < -0.39 is 0 Å². The molecule has 1 aliphatic carbocycles. The predicted octanol–water partition coefficient (Wildman–Crippen LogP) is 2.36. The molecule has 1 unspecified atom stereocenters. The van der Waals surface area contributed by atoms with Gasteiger partial charge in [0.1, 0.15) is 17.0 Å². The Hall–Kier alpha value is -1.20. The molecule has 2 aromatic rings. The van der Waals surface area contributed by atoms with Crippen molar-refractivity contribution in [2.24, 2.45) is 0 Å². The van der Waals surface area contributed by atoms with Crippen molar-refractivity contribution in [2.75, 3.05) is 11.9 Å². The van der Waals surface area contributed by atoms with Gasteiger partial charge in [0.05, 0.1) is 12.0 Å². The predicted molar refractivity (Wildman–Crippen MR) is 74.2 cm³/mol. The Kier molecular flexibility index (Phi) is 3.18. The Morgan fingerprint density at radius 3 is 3.06 bits per heavy atom. The fraction of sp³-hybridized carbons (Fsp3) is 0.538. The molecule has 0 radical (unpaired) electrons. The van der Waals surface area contributed by atoms with Crippen LogP contribution in [0.5, 0.6) is 0 Å². The zero-order valence-corrected chi connectivity index (χ0v) is 11.3. The maximum atomic E-state index is 9.15. The number of hydrogen-bond donors (Lipinski definition) is 2. The van der Waals surface area contributed by atoms with Gasteiger partial charge in [-0.2, -0.15) is 0 Å². The first-order chi connectivity index (χ1) is 8.79. The molecule has 2 N–H and O–H groups in total. The number of aryl methyl sites for hydroxylation is 2. The largest absolute Gasteiger partial charge is 0.394 e. The van der Waals surface area contributed by atoms with Gasteiger partial charge < -0.3 is 10.4 Å². The van der Waals surface area contributed by atoms with E-state index in [1.54, 1.807) is 17.7 Å². The van der Waals surface area contributed by atoms with Gasteiger partial charge in [0.25, 0.3) is 0 Å². The summed E-state index contributed by atoms with van der Waals surface area (Å²) in [5, 5.41) is 13.6. The van der Waals surface area contributed by atoms with Crippen molar-refractivity contribution in [3.8, 4) is 0 Å². The van der Waals surface area contributed by atoms with Gasteiger partial charge in [-0.15, -0.1) is 11.3 Å². The van der Waals surface area contributed by atoms with Crippen molar-refractivity contribution in [2.45, 2.75) is 38.6 Å². The molecule has 2 heterocycles. The highest BCUT2D eigenvalue weighted by Crippen LogP contribution is 2.38. The van der Waals surface area contributed by atoms with Crippen LogP contribution >= 0.6 is 11.3 Å². The normalized spacial score (nSPS) is 16.6. The van der Waals surface area contributed by atoms with Crippen LogP contribution in [0.25, 0.3) is 10.2 Å². The molecule has 0 saturated heterocycles. The quantitative estimate of drug-likeness (QED) is 0.892. The highest BCUT2D eigenvalue weighted by molar-refractivity contribution is 7.19. The number of fused-ring (bicyclic) bond motifs is 3. The van der Waals surface area contributed by atoms with E-state index in [0.717, 1.165) is 17.1 Å². The molecule has 0 saturated carbocycles. The van der Waals surface area contributed by atoms with E-state index in [9.17, 15) is 0 Å². The van der Waals surface area contributed by atoms with Gasteiger partial charge in [-0.25, -0.2) is 9.97 Å². The Balaban J connectivity index is 2.10. The number of nitrogens with zero attached hydrogens (tertiary/aromatic N) is 2. The lowest BCUT2D eigenvalue weighted by atomic mass is 9.97. The lowest BCUT2D eigenvalue weighted by molar-refractivity contribution is 0.281. The highest BCUT2D eigenvalue weighted by Gasteiger charge is 2.20. The first kappa shape index (κ1) is 11.9. The lowest BCUT2D eigenvalue weighted by Crippen LogP contribution is -2.20. The van der Waals surface area contributed by atoms with Crippen molar-refractivity contribution in [1.29, 1.82) is 0 Å². The van der Waals surface area contributed by atoms with E-state index in [4.69, 9.17) is 5.11 Å². The molecule has 1 atom stereocenters. The number of aliphatic hydroxyl groups excluding tert-OH is 1. The molecule has 4 nitrogen and oxygen atoms in total. The van der Waals surface area contributed by atoms with Gasteiger partial charge in [-0.1, -0.05) is 0 Å². The number of aliphatic hydroxyl groups is 1. The zero-order chi connectivity index (χ0) is 12.5. The van der Waals surface area contributed by atoms with E-state index in [1.165, 1.54) is 35.1 Å². The van der Waals surface area contributed by atoms with Crippen LogP contribution in [0.2, 0.25) is 0 Å². The average molecular weight is 263 g/mol. The molecule has 0 aromatic carbocycles. The number of rotatable bonds is 3. The Labute approximate surface area is 110 Å². The third kappa shape index (κ3) is 1.97. The Morgan fingerprint density at radius 2 is 2.22 bits per heavy atom. The minimum Gasteiger partial charge on any atom is -0.394 e. The maximum Gasteiger partial charge on any atom is 0.138 e. The summed E-state index contributed by atoms with van der Waals surface area (Å²) in [6.45, 7) is 2.06. The maximum absolute atomic E-state index is 9.15. The standard InChI is InChI=1S/C13H17N3OS/c1-8(6-17)16-12-11-9-4-2-3-5-10(9)18-13(11)15-7-14-12/h7-8,17H,2-6H2,1H3,(H,14,15,16). The van der Waals surface area contributed by atoms with E-state index in [1.807, 2.05) is 6.92 Å². The minimum absolute atomic E-state index is 0.0160. The summed E-state index contributed by atoms with van der Waals surface area (Å²) < 4.78 is 0. The van der Waals surface area contributed by atoms with Gasteiger partial charge in [0.15, 0.2) is 0 Å². The zero-order valence-electron chi connectivity index (χ0n) is 10.4. The molecule has 0 fully saturated rings. The number of thiophene rings is 1. The summed E-state index contributed by atoms with van der Waals surface area (Å²) in [4.78, 5) is 11.3. The third-order valence-corrected chi connectivity index (χ3v) is 4.61. The topological polar surface area (TPSA) is 58.0 Å². The lowest BCUT2D eigenvalue weighted by Gasteiger charge is -2.14. The van der Waals surface area contributed by atoms with Crippen LogP contribution in [0, 0.1) is 0 Å². The molecule has 96 valence electrons. The summed E-state index contributed by atoms with van der Waals surface area (Å²) >= 11 is 1.79. The van der Waals surface area contributed by atoms with Crippen LogP contribution in [0.3, 0.4) is 0 Å². The molecular formula is C13H17N3OS. The van der Waals surface area contributed by atoms with Crippen LogP contribution in [-0.2, 0) is 12.8 Å². The molecule has 18 heavy (non-hydrogen) atoms. The summed E-state index contributed by atoms with van der Waals surface area (Å²) in [6.07, 6.45) is 6.44. The molecular weight excluding hydrogens is 246 g/mol. The van der Waals surface area contributed by atoms with Crippen LogP contribution < -0.4 is 5.32 Å². The van der Waals surface area contributed by atoms with Gasteiger partial charge in [-0.3, -0.25) is 0 Å². The first-order valence-corrected chi connectivity index (χ1v) is 7.24. The fourth-order valence-corrected chi connectivity index (χ4v) is 3.71. The highest BCUT2D eigenvalue weighted by atomic mass is 32.1. The minimum atomic E-state index is 0.0160. The summed E-state index contributed by atoms with van der Waals surface area (Å²) in [5.41, 5.74) is 1.43. The SMILES string of the molecule is CC(CO)Nc1ncnc2sc3c(c12)CCCC3. The molecule has 0 bridgehead atoms. The smallest absolute Gasteiger partial charge is 0.138 e. The van der Waals surface area contributed by atoms with Crippen LogP contribution in [0.15, 0.2) is 6.33 Å². The average Bonchev–Trinajstić information content (AvgIpc) is 2.78. The van der Waals surface area contributed by atoms with Crippen molar-refractivity contribution in [3.63, 3.8) is 0 Å². The van der Waals surface area contributed by atoms with Crippen molar-refractivity contribution < 1.29 is 5.11 Å². The van der Waals surface area contributed by atoms with Crippen molar-refractivity contribution >= 4 is 27.4 Å². The number of anilines is 1. The van der Waals surface area contributed by atoms with E-state index in [0.29, 0.717) is 0 Å². The first-order valence-electron chi connectivity index (χ1n) is 6.42. The second-order valence-electron chi connectivity index (χ2n) is 4.84. The van der Waals surface area contributed by atoms with E-state index in [2.05, 4.69) is 15.3 Å². The van der Waals surface area contributed by atoms with E-state index in [-0.39, 0.29) is 12.6 Å². The summed E-state index contributed by atoms with van der Waals surface area (Å²) in [6, 6.07) is 0.0160. The third-order valence-electron chi connectivity index (χ3n) is 3.41. The van der Waals surface area contributed by atoms with Gasteiger partial charge in [0, 0.05) is 10.9 Å².